The van der Waals surface area contributed by atoms with Crippen LogP contribution >= 0.6 is 0 Å². The number of unbranched alkanes of at least 4 members (excludes halogenated alkanes) is 9. The molecule has 0 spiro atoms. The van der Waals surface area contributed by atoms with E-state index < -0.39 is 5.97 Å². The van der Waals surface area contributed by atoms with Crippen LogP contribution in [0.1, 0.15) is 96.0 Å². The van der Waals surface area contributed by atoms with Crippen molar-refractivity contribution in [2.75, 3.05) is 19.8 Å². The fourth-order valence-electron chi connectivity index (χ4n) is 3.90. The smallest absolute Gasteiger partial charge is 0.303 e. The summed E-state index contributed by atoms with van der Waals surface area (Å²) >= 11 is 0. The van der Waals surface area contributed by atoms with Crippen LogP contribution in [-0.4, -0.2) is 40.9 Å². The van der Waals surface area contributed by atoms with Gasteiger partial charge in [-0.05, 0) is 44.1 Å². The zero-order valence-corrected chi connectivity index (χ0v) is 21.6. The second-order valence-corrected chi connectivity index (χ2v) is 9.18. The largest absolute Gasteiger partial charge is 0.490 e. The van der Waals surface area contributed by atoms with Gasteiger partial charge in [0, 0.05) is 25.2 Å². The van der Waals surface area contributed by atoms with E-state index in [9.17, 15) is 4.79 Å². The second-order valence-electron chi connectivity index (χ2n) is 9.18. The van der Waals surface area contributed by atoms with E-state index in [-0.39, 0.29) is 0 Å². The molecule has 0 radical (unpaired) electrons. The fraction of sp³-hybridized carbons (Fsp3) is 0.621. The van der Waals surface area contributed by atoms with E-state index in [0.717, 1.165) is 63.7 Å². The molecular formula is C29H44N2O4. The fourth-order valence-corrected chi connectivity index (χ4v) is 3.90. The molecule has 0 fully saturated rings. The van der Waals surface area contributed by atoms with Crippen molar-refractivity contribution < 1.29 is 19.4 Å². The maximum Gasteiger partial charge on any atom is 0.303 e. The molecule has 0 atom stereocenters. The topological polar surface area (TPSA) is 81.5 Å². The quantitative estimate of drug-likeness (QED) is 0.188. The number of carbonyl (C=O) groups is 1. The van der Waals surface area contributed by atoms with E-state index >= 15 is 0 Å². The van der Waals surface area contributed by atoms with Crippen LogP contribution in [0.3, 0.4) is 0 Å². The normalized spacial score (nSPS) is 11.0. The number of nitrogens with zero attached hydrogens (tertiary/aromatic N) is 2. The van der Waals surface area contributed by atoms with E-state index in [0.29, 0.717) is 24.6 Å². The highest BCUT2D eigenvalue weighted by molar-refractivity contribution is 5.66. The number of hydrogen-bond acceptors (Lipinski definition) is 5. The molecule has 0 bridgehead atoms. The van der Waals surface area contributed by atoms with Gasteiger partial charge in [-0.2, -0.15) is 0 Å². The molecule has 2 rings (SSSR count). The summed E-state index contributed by atoms with van der Waals surface area (Å²) in [6.45, 7) is 4.52. The highest BCUT2D eigenvalue weighted by atomic mass is 16.5. The summed E-state index contributed by atoms with van der Waals surface area (Å²) in [6, 6.07) is 8.51. The highest BCUT2D eigenvalue weighted by Gasteiger charge is 2.03. The van der Waals surface area contributed by atoms with Gasteiger partial charge in [-0.15, -0.1) is 0 Å². The van der Waals surface area contributed by atoms with Gasteiger partial charge in [-0.1, -0.05) is 76.1 Å². The van der Waals surface area contributed by atoms with Crippen LogP contribution < -0.4 is 4.74 Å². The molecule has 0 saturated carbocycles. The molecule has 0 unspecified atom stereocenters. The summed E-state index contributed by atoms with van der Waals surface area (Å²) in [5.74, 6) is 0.734. The predicted molar refractivity (Wildman–Crippen MR) is 141 cm³/mol. The minimum Gasteiger partial charge on any atom is -0.490 e. The van der Waals surface area contributed by atoms with Gasteiger partial charge in [-0.3, -0.25) is 4.79 Å². The van der Waals surface area contributed by atoms with Crippen molar-refractivity contribution in [1.29, 1.82) is 0 Å². The molecular weight excluding hydrogens is 440 g/mol. The van der Waals surface area contributed by atoms with E-state index in [2.05, 4.69) is 41.2 Å². The number of aliphatic carboxylic acids is 1. The Morgan fingerprint density at radius 3 is 2.03 bits per heavy atom. The van der Waals surface area contributed by atoms with Crippen molar-refractivity contribution in [3.8, 4) is 17.1 Å². The van der Waals surface area contributed by atoms with Gasteiger partial charge in [0.05, 0.1) is 19.0 Å². The Morgan fingerprint density at radius 1 is 0.771 bits per heavy atom. The van der Waals surface area contributed by atoms with Gasteiger partial charge in [0.2, 0.25) is 0 Å². The number of carboxylic acid groups (broad SMARTS) is 1. The number of ether oxygens (including phenoxy) is 2. The lowest BCUT2D eigenvalue weighted by Gasteiger charge is -2.07. The Labute approximate surface area is 211 Å². The summed E-state index contributed by atoms with van der Waals surface area (Å²) in [4.78, 5) is 19.4. The molecule has 0 saturated heterocycles. The summed E-state index contributed by atoms with van der Waals surface area (Å²) in [5, 5.41) is 8.64. The van der Waals surface area contributed by atoms with E-state index in [4.69, 9.17) is 14.6 Å². The highest BCUT2D eigenvalue weighted by Crippen LogP contribution is 2.19. The average molecular weight is 485 g/mol. The molecule has 1 aromatic heterocycles. The zero-order chi connectivity index (χ0) is 25.0. The van der Waals surface area contributed by atoms with E-state index in [1.165, 1.54) is 44.1 Å². The van der Waals surface area contributed by atoms with Crippen LogP contribution in [0.25, 0.3) is 11.4 Å². The first-order valence-corrected chi connectivity index (χ1v) is 13.5. The third-order valence-corrected chi connectivity index (χ3v) is 6.04. The lowest BCUT2D eigenvalue weighted by atomic mass is 10.0. The third-order valence-electron chi connectivity index (χ3n) is 6.04. The minimum atomic E-state index is -0.686. The number of rotatable bonds is 21. The first kappa shape index (κ1) is 28.8. The van der Waals surface area contributed by atoms with Crippen LogP contribution in [-0.2, 0) is 16.0 Å². The van der Waals surface area contributed by atoms with Crippen LogP contribution in [0.2, 0.25) is 0 Å². The number of carboxylic acids is 1. The molecule has 6 heteroatoms. The van der Waals surface area contributed by atoms with Gasteiger partial charge < -0.3 is 14.6 Å². The first-order valence-electron chi connectivity index (χ1n) is 13.5. The summed E-state index contributed by atoms with van der Waals surface area (Å²) in [6.07, 6.45) is 18.3. The van der Waals surface area contributed by atoms with Crippen molar-refractivity contribution in [2.24, 2.45) is 0 Å². The van der Waals surface area contributed by atoms with Crippen LogP contribution in [0, 0.1) is 0 Å². The molecule has 1 heterocycles. The molecule has 0 amide bonds. The molecule has 1 N–H and O–H groups in total. The van der Waals surface area contributed by atoms with Gasteiger partial charge in [0.15, 0.2) is 11.6 Å². The number of aromatic nitrogens is 2. The third kappa shape index (κ3) is 13.9. The minimum absolute atomic E-state index is 0.300. The molecule has 194 valence electrons. The van der Waals surface area contributed by atoms with Crippen molar-refractivity contribution in [1.82, 2.24) is 9.97 Å². The number of aryl methyl sites for hydroxylation is 1. The number of benzene rings is 1. The Balaban J connectivity index is 1.56. The van der Waals surface area contributed by atoms with Crippen LogP contribution in [0.15, 0.2) is 36.7 Å². The van der Waals surface area contributed by atoms with Gasteiger partial charge in [0.1, 0.15) is 0 Å². The molecule has 2 aromatic rings. The Morgan fingerprint density at radius 2 is 1.37 bits per heavy atom. The SMILES string of the molecule is CCCCCOCCCCOc1cnc(-c2ccc(CCCCCCCCCC(=O)O)cc2)nc1. The first-order chi connectivity index (χ1) is 17.2. The van der Waals surface area contributed by atoms with Crippen molar-refractivity contribution >= 4 is 5.97 Å². The Hall–Kier alpha value is -2.47. The Kier molecular flexibility index (Phi) is 15.5. The molecule has 0 aliphatic carbocycles. The molecule has 0 aliphatic rings. The van der Waals surface area contributed by atoms with E-state index in [1.54, 1.807) is 12.4 Å². The second kappa shape index (κ2) is 18.8. The van der Waals surface area contributed by atoms with Crippen molar-refractivity contribution in [3.63, 3.8) is 0 Å². The van der Waals surface area contributed by atoms with Crippen LogP contribution in [0.4, 0.5) is 0 Å². The van der Waals surface area contributed by atoms with Crippen LogP contribution in [0.5, 0.6) is 5.75 Å². The lowest BCUT2D eigenvalue weighted by molar-refractivity contribution is -0.137. The Bertz CT molecular complexity index is 793. The molecule has 1 aromatic carbocycles. The van der Waals surface area contributed by atoms with Gasteiger partial charge in [0.25, 0.3) is 0 Å². The summed E-state index contributed by atoms with van der Waals surface area (Å²) in [7, 11) is 0. The molecule has 6 nitrogen and oxygen atoms in total. The summed E-state index contributed by atoms with van der Waals surface area (Å²) in [5.41, 5.74) is 2.35. The maximum absolute atomic E-state index is 10.5. The standard InChI is InChI=1S/C29H44N2O4/c1-2-3-11-20-34-21-12-13-22-35-27-23-30-29(31-24-27)26-18-16-25(17-19-26)14-9-7-5-4-6-8-10-15-28(32)33/h16-19,23-24H,2-15,20-22H2,1H3,(H,32,33). The van der Waals surface area contributed by atoms with Crippen molar-refractivity contribution in [3.05, 3.63) is 42.2 Å². The molecule has 0 aliphatic heterocycles. The average Bonchev–Trinajstić information content (AvgIpc) is 2.87. The maximum atomic E-state index is 10.5. The zero-order valence-electron chi connectivity index (χ0n) is 21.6. The predicted octanol–water partition coefficient (Wildman–Crippen LogP) is 7.26. The number of hydrogen-bond donors (Lipinski definition) is 1. The molecule has 35 heavy (non-hydrogen) atoms. The summed E-state index contributed by atoms with van der Waals surface area (Å²) < 4.78 is 11.4. The monoisotopic (exact) mass is 484 g/mol. The van der Waals surface area contributed by atoms with Crippen molar-refractivity contribution in [2.45, 2.75) is 96.8 Å². The van der Waals surface area contributed by atoms with E-state index in [1.807, 2.05) is 0 Å². The van der Waals surface area contributed by atoms with Gasteiger partial charge >= 0.3 is 5.97 Å². The lowest BCUT2D eigenvalue weighted by Crippen LogP contribution is -2.02. The van der Waals surface area contributed by atoms with Gasteiger partial charge in [-0.25, -0.2) is 9.97 Å².